The normalized spacial score (nSPS) is 21.9. The van der Waals surface area contributed by atoms with Crippen LogP contribution in [-0.2, 0) is 4.74 Å². The van der Waals surface area contributed by atoms with Crippen molar-refractivity contribution >= 4 is 0 Å². The Morgan fingerprint density at radius 2 is 1.75 bits per heavy atom. The van der Waals surface area contributed by atoms with Gasteiger partial charge in [0.1, 0.15) is 5.67 Å². The number of ether oxygens (including phenoxy) is 1. The molecule has 1 rings (SSSR count). The summed E-state index contributed by atoms with van der Waals surface area (Å²) >= 11 is 0. The van der Waals surface area contributed by atoms with Crippen molar-refractivity contribution in [1.82, 2.24) is 4.90 Å². The van der Waals surface area contributed by atoms with Crippen LogP contribution in [0.5, 0.6) is 0 Å². The molecule has 3 heteroatoms. The van der Waals surface area contributed by atoms with Gasteiger partial charge in [-0.15, -0.1) is 0 Å². The van der Waals surface area contributed by atoms with Gasteiger partial charge in [0.05, 0.1) is 12.7 Å². The molecule has 1 aliphatic heterocycles. The van der Waals surface area contributed by atoms with Crippen molar-refractivity contribution in [2.75, 3.05) is 26.2 Å². The van der Waals surface area contributed by atoms with Crippen molar-refractivity contribution < 1.29 is 9.13 Å². The minimum Gasteiger partial charge on any atom is -0.375 e. The van der Waals surface area contributed by atoms with Crippen molar-refractivity contribution in [3.05, 3.63) is 0 Å². The van der Waals surface area contributed by atoms with Crippen molar-refractivity contribution in [3.8, 4) is 0 Å². The molecule has 1 heterocycles. The van der Waals surface area contributed by atoms with Gasteiger partial charge < -0.3 is 9.64 Å². The van der Waals surface area contributed by atoms with Gasteiger partial charge in [0.25, 0.3) is 0 Å². The maximum absolute atomic E-state index is 14.3. The monoisotopic (exact) mass is 231 g/mol. The van der Waals surface area contributed by atoms with E-state index >= 15 is 0 Å². The zero-order chi connectivity index (χ0) is 12.2. The van der Waals surface area contributed by atoms with Gasteiger partial charge in [0.2, 0.25) is 0 Å². The van der Waals surface area contributed by atoms with Gasteiger partial charge in [-0.25, -0.2) is 4.39 Å². The van der Waals surface area contributed by atoms with Crippen molar-refractivity contribution in [1.29, 1.82) is 0 Å². The molecule has 0 aromatic rings. The highest BCUT2D eigenvalue weighted by Gasteiger charge is 2.34. The number of piperidine rings is 1. The molecule has 0 aliphatic carbocycles. The van der Waals surface area contributed by atoms with E-state index in [4.69, 9.17) is 4.74 Å². The van der Waals surface area contributed by atoms with Gasteiger partial charge in [-0.2, -0.15) is 0 Å². The van der Waals surface area contributed by atoms with E-state index in [9.17, 15) is 4.39 Å². The zero-order valence-electron chi connectivity index (χ0n) is 11.1. The van der Waals surface area contributed by atoms with E-state index in [0.29, 0.717) is 18.8 Å². The minimum atomic E-state index is -1.09. The molecule has 0 aromatic heterocycles. The number of hydrogen-bond acceptors (Lipinski definition) is 2. The van der Waals surface area contributed by atoms with Gasteiger partial charge in [0, 0.05) is 19.6 Å². The zero-order valence-corrected chi connectivity index (χ0v) is 11.1. The fourth-order valence-electron chi connectivity index (χ4n) is 2.11. The Morgan fingerprint density at radius 1 is 1.19 bits per heavy atom. The highest BCUT2D eigenvalue weighted by Crippen LogP contribution is 2.27. The maximum Gasteiger partial charge on any atom is 0.136 e. The van der Waals surface area contributed by atoms with Gasteiger partial charge in [-0.05, 0) is 32.6 Å². The first kappa shape index (κ1) is 13.9. The Kier molecular flexibility index (Phi) is 5.19. The van der Waals surface area contributed by atoms with Crippen molar-refractivity contribution in [2.45, 2.75) is 52.3 Å². The number of hydrogen-bond donors (Lipinski definition) is 0. The fourth-order valence-corrected chi connectivity index (χ4v) is 2.11. The van der Waals surface area contributed by atoms with Crippen LogP contribution in [0.2, 0.25) is 0 Å². The van der Waals surface area contributed by atoms with E-state index < -0.39 is 5.67 Å². The van der Waals surface area contributed by atoms with E-state index in [1.165, 1.54) is 0 Å². The summed E-state index contributed by atoms with van der Waals surface area (Å²) in [7, 11) is 0. The van der Waals surface area contributed by atoms with Crippen LogP contribution in [0.1, 0.15) is 40.5 Å². The first-order valence-corrected chi connectivity index (χ1v) is 6.44. The SMILES string of the molecule is CC(C)CN1CCC(F)(COC(C)C)CC1. The molecule has 0 saturated carbocycles. The minimum absolute atomic E-state index is 0.126. The maximum atomic E-state index is 14.3. The lowest BCUT2D eigenvalue weighted by molar-refractivity contribution is -0.0459. The first-order valence-electron chi connectivity index (χ1n) is 6.44. The molecule has 16 heavy (non-hydrogen) atoms. The molecule has 0 unspecified atom stereocenters. The topological polar surface area (TPSA) is 12.5 Å². The second kappa shape index (κ2) is 5.97. The van der Waals surface area contributed by atoms with Gasteiger partial charge in [0.15, 0.2) is 0 Å². The van der Waals surface area contributed by atoms with Crippen LogP contribution in [0.4, 0.5) is 4.39 Å². The molecule has 0 aromatic carbocycles. The second-order valence-electron chi connectivity index (χ2n) is 5.71. The molecule has 0 bridgehead atoms. The third-order valence-electron chi connectivity index (χ3n) is 3.05. The van der Waals surface area contributed by atoms with Crippen LogP contribution >= 0.6 is 0 Å². The summed E-state index contributed by atoms with van der Waals surface area (Å²) in [4.78, 5) is 2.36. The number of alkyl halides is 1. The summed E-state index contributed by atoms with van der Waals surface area (Å²) in [5.41, 5.74) is -1.09. The summed E-state index contributed by atoms with van der Waals surface area (Å²) in [6, 6.07) is 0. The largest absolute Gasteiger partial charge is 0.375 e. The highest BCUT2D eigenvalue weighted by molar-refractivity contribution is 4.86. The van der Waals surface area contributed by atoms with E-state index in [2.05, 4.69) is 18.7 Å². The lowest BCUT2D eigenvalue weighted by Gasteiger charge is -2.37. The van der Waals surface area contributed by atoms with E-state index in [0.717, 1.165) is 19.6 Å². The Balaban J connectivity index is 2.29. The molecule has 1 aliphatic rings. The van der Waals surface area contributed by atoms with Crippen LogP contribution in [0.15, 0.2) is 0 Å². The molecule has 1 fully saturated rings. The van der Waals surface area contributed by atoms with E-state index in [1.807, 2.05) is 13.8 Å². The van der Waals surface area contributed by atoms with E-state index in [1.54, 1.807) is 0 Å². The van der Waals surface area contributed by atoms with Gasteiger partial charge in [-0.3, -0.25) is 0 Å². The smallest absolute Gasteiger partial charge is 0.136 e. The fraction of sp³-hybridized carbons (Fsp3) is 1.00. The standard InChI is InChI=1S/C13H26FNO/c1-11(2)9-15-7-5-13(14,6-8-15)10-16-12(3)4/h11-12H,5-10H2,1-4H3. The lowest BCUT2D eigenvalue weighted by Crippen LogP contribution is -2.45. The Morgan fingerprint density at radius 3 is 2.19 bits per heavy atom. The molecule has 96 valence electrons. The van der Waals surface area contributed by atoms with Crippen LogP contribution in [0.3, 0.4) is 0 Å². The van der Waals surface area contributed by atoms with Crippen LogP contribution < -0.4 is 0 Å². The first-order chi connectivity index (χ1) is 7.41. The average molecular weight is 231 g/mol. The summed E-state index contributed by atoms with van der Waals surface area (Å²) in [5.74, 6) is 0.666. The summed E-state index contributed by atoms with van der Waals surface area (Å²) < 4.78 is 19.7. The molecule has 1 saturated heterocycles. The molecular formula is C13H26FNO. The quantitative estimate of drug-likeness (QED) is 0.721. The third kappa shape index (κ3) is 4.79. The molecule has 0 amide bonds. The number of rotatable bonds is 5. The Hall–Kier alpha value is -0.150. The number of nitrogens with zero attached hydrogens (tertiary/aromatic N) is 1. The Labute approximate surface area is 99.2 Å². The molecule has 0 radical (unpaired) electrons. The van der Waals surface area contributed by atoms with E-state index in [-0.39, 0.29) is 12.7 Å². The summed E-state index contributed by atoms with van der Waals surface area (Å²) in [6.45, 7) is 11.4. The van der Waals surface area contributed by atoms with Crippen molar-refractivity contribution in [3.63, 3.8) is 0 Å². The number of halogens is 1. The third-order valence-corrected chi connectivity index (χ3v) is 3.05. The van der Waals surface area contributed by atoms with Crippen LogP contribution in [0.25, 0.3) is 0 Å². The molecule has 2 nitrogen and oxygen atoms in total. The predicted octanol–water partition coefficient (Wildman–Crippen LogP) is 2.87. The second-order valence-corrected chi connectivity index (χ2v) is 5.71. The van der Waals surface area contributed by atoms with Gasteiger partial charge in [-0.1, -0.05) is 13.8 Å². The highest BCUT2D eigenvalue weighted by atomic mass is 19.1. The molecular weight excluding hydrogens is 205 g/mol. The Bertz CT molecular complexity index is 198. The number of likely N-dealkylation sites (tertiary alicyclic amines) is 1. The lowest BCUT2D eigenvalue weighted by atomic mass is 9.93. The molecule has 0 N–H and O–H groups in total. The average Bonchev–Trinajstić information content (AvgIpc) is 2.19. The summed E-state index contributed by atoms with van der Waals surface area (Å²) in [5, 5.41) is 0. The van der Waals surface area contributed by atoms with Crippen LogP contribution in [0, 0.1) is 5.92 Å². The van der Waals surface area contributed by atoms with Gasteiger partial charge >= 0.3 is 0 Å². The van der Waals surface area contributed by atoms with Crippen LogP contribution in [-0.4, -0.2) is 42.9 Å². The molecule has 0 spiro atoms. The summed E-state index contributed by atoms with van der Waals surface area (Å²) in [6.07, 6.45) is 1.36. The van der Waals surface area contributed by atoms with Crippen molar-refractivity contribution in [2.24, 2.45) is 5.92 Å². The molecule has 0 atom stereocenters. The predicted molar refractivity (Wildman–Crippen MR) is 65.4 cm³/mol.